The lowest BCUT2D eigenvalue weighted by molar-refractivity contribution is -0.275. The molecule has 0 bridgehead atoms. The Kier molecular flexibility index (Phi) is 9.00. The van der Waals surface area contributed by atoms with Crippen molar-refractivity contribution in [2.45, 2.75) is 58.8 Å². The van der Waals surface area contributed by atoms with Gasteiger partial charge in [-0.05, 0) is 79.1 Å². The van der Waals surface area contributed by atoms with Gasteiger partial charge >= 0.3 is 12.7 Å². The molecule has 0 unspecified atom stereocenters. The Morgan fingerprint density at radius 1 is 0.891 bits per heavy atom. The largest absolute Gasteiger partial charge is 0.573 e. The number of nitrogens with one attached hydrogen (secondary N) is 2. The first-order chi connectivity index (χ1) is 21.5. The van der Waals surface area contributed by atoms with E-state index in [1.54, 1.807) is 12.1 Å². The van der Waals surface area contributed by atoms with E-state index in [1.165, 1.54) is 36.4 Å². The molecule has 46 heavy (non-hydrogen) atoms. The Morgan fingerprint density at radius 3 is 2.24 bits per heavy atom. The van der Waals surface area contributed by atoms with Crippen LogP contribution in [0, 0.1) is 11.3 Å². The molecule has 5 rings (SSSR count). The summed E-state index contributed by atoms with van der Waals surface area (Å²) in [5.41, 5.74) is 2.04. The smallest absolute Gasteiger partial charge is 0.484 e. The van der Waals surface area contributed by atoms with Crippen LogP contribution in [-0.2, 0) is 4.79 Å². The number of hydrogen-bond donors (Lipinski definition) is 2. The number of aromatic nitrogens is 2. The van der Waals surface area contributed by atoms with Crippen LogP contribution in [0.15, 0.2) is 66.7 Å². The Labute approximate surface area is 260 Å². The first kappa shape index (κ1) is 32.8. The van der Waals surface area contributed by atoms with Crippen LogP contribution in [0.1, 0.15) is 46.1 Å². The van der Waals surface area contributed by atoms with Crippen molar-refractivity contribution in [2.75, 3.05) is 17.2 Å². The molecule has 2 atom stereocenters. The maximum absolute atomic E-state index is 12.6. The Hall–Kier alpha value is -4.62. The molecule has 0 radical (unpaired) electrons. The maximum atomic E-state index is 12.6. The van der Waals surface area contributed by atoms with Crippen LogP contribution in [0.2, 0.25) is 0 Å². The predicted molar refractivity (Wildman–Crippen MR) is 159 cm³/mol. The third-order valence-electron chi connectivity index (χ3n) is 7.46. The van der Waals surface area contributed by atoms with E-state index in [0.717, 1.165) is 36.9 Å². The minimum atomic E-state index is -4.87. The molecule has 0 aliphatic heterocycles. The van der Waals surface area contributed by atoms with Crippen molar-refractivity contribution in [1.82, 2.24) is 9.55 Å². The monoisotopic (exact) mass is 650 g/mol. The molecular weight excluding hydrogens is 618 g/mol. The van der Waals surface area contributed by atoms with Crippen LogP contribution in [0.25, 0.3) is 11.0 Å². The third kappa shape index (κ3) is 8.76. The third-order valence-corrected chi connectivity index (χ3v) is 7.46. The van der Waals surface area contributed by atoms with Gasteiger partial charge in [-0.2, -0.15) is 0 Å². The van der Waals surface area contributed by atoms with Crippen LogP contribution < -0.4 is 24.8 Å². The van der Waals surface area contributed by atoms with Gasteiger partial charge in [-0.15, -0.1) is 26.3 Å². The van der Waals surface area contributed by atoms with Gasteiger partial charge in [0.2, 0.25) is 5.95 Å². The SMILES string of the molecule is C[C@@H]1C[C@@H](n2c(Nc3ccc(OC(F)(F)F)cc3)nc3cc(OCC(=O)Nc4cccc(OC(F)(F)F)c4)ccc32)CC(C)(C)C1. The zero-order valence-electron chi connectivity index (χ0n) is 25.1. The Balaban J connectivity index is 1.35. The number of carbonyl (C=O) groups is 1. The molecule has 1 saturated carbocycles. The lowest BCUT2D eigenvalue weighted by Gasteiger charge is -2.40. The predicted octanol–water partition coefficient (Wildman–Crippen LogP) is 8.98. The highest BCUT2D eigenvalue weighted by Gasteiger charge is 2.35. The molecule has 1 heterocycles. The summed E-state index contributed by atoms with van der Waals surface area (Å²) in [5.74, 6) is -0.155. The second kappa shape index (κ2) is 12.6. The standard InChI is InChI=1S/C32H32F6N4O4/c1-19-13-22(17-30(2,3)16-19)42-27-12-11-24(44-18-28(43)39-21-5-4-6-25(14-21)46-32(36,37)38)15-26(27)41-29(42)40-20-7-9-23(10-8-20)45-31(33,34)35/h4-12,14-15,19,22H,13,16-18H2,1-3H3,(H,39,43)(H,40,41)/t19-,22-/m1/s1. The summed E-state index contributed by atoms with van der Waals surface area (Å²) in [7, 11) is 0. The van der Waals surface area contributed by atoms with Crippen molar-refractivity contribution in [3.05, 3.63) is 66.7 Å². The van der Waals surface area contributed by atoms with Gasteiger partial charge in [0.05, 0.1) is 11.0 Å². The van der Waals surface area contributed by atoms with Gasteiger partial charge < -0.3 is 29.4 Å². The number of ether oxygens (including phenoxy) is 3. The molecular formula is C32H32F6N4O4. The van der Waals surface area contributed by atoms with Crippen LogP contribution >= 0.6 is 0 Å². The van der Waals surface area contributed by atoms with Crippen molar-refractivity contribution in [2.24, 2.45) is 11.3 Å². The average Bonchev–Trinajstić information content (AvgIpc) is 3.27. The molecule has 14 heteroatoms. The van der Waals surface area contributed by atoms with E-state index in [-0.39, 0.29) is 22.9 Å². The van der Waals surface area contributed by atoms with Gasteiger partial charge in [0, 0.05) is 29.5 Å². The summed E-state index contributed by atoms with van der Waals surface area (Å²) in [6.07, 6.45) is -6.82. The topological polar surface area (TPSA) is 86.6 Å². The number of amides is 1. The Bertz CT molecular complexity index is 1680. The highest BCUT2D eigenvalue weighted by Crippen LogP contribution is 2.46. The van der Waals surface area contributed by atoms with E-state index < -0.39 is 31.0 Å². The summed E-state index contributed by atoms with van der Waals surface area (Å²) < 4.78 is 91.1. The molecule has 1 fully saturated rings. The summed E-state index contributed by atoms with van der Waals surface area (Å²) in [4.78, 5) is 17.3. The highest BCUT2D eigenvalue weighted by atomic mass is 19.4. The van der Waals surface area contributed by atoms with Crippen molar-refractivity contribution >= 4 is 34.3 Å². The van der Waals surface area contributed by atoms with Crippen molar-refractivity contribution in [3.8, 4) is 17.2 Å². The molecule has 1 aliphatic rings. The van der Waals surface area contributed by atoms with E-state index in [4.69, 9.17) is 9.72 Å². The number of fused-ring (bicyclic) bond motifs is 1. The molecule has 0 saturated heterocycles. The molecule has 2 N–H and O–H groups in total. The van der Waals surface area contributed by atoms with Crippen molar-refractivity contribution in [1.29, 1.82) is 0 Å². The molecule has 4 aromatic rings. The number of anilines is 3. The number of halogens is 6. The van der Waals surface area contributed by atoms with Gasteiger partial charge in [-0.25, -0.2) is 4.98 Å². The molecule has 0 spiro atoms. The minimum Gasteiger partial charge on any atom is -0.484 e. The van der Waals surface area contributed by atoms with Crippen LogP contribution in [0.5, 0.6) is 17.2 Å². The first-order valence-electron chi connectivity index (χ1n) is 14.5. The first-order valence-corrected chi connectivity index (χ1v) is 14.5. The normalized spacial score (nSPS) is 18.2. The minimum absolute atomic E-state index is 0.0710. The highest BCUT2D eigenvalue weighted by molar-refractivity contribution is 5.92. The quantitative estimate of drug-likeness (QED) is 0.176. The van der Waals surface area contributed by atoms with Gasteiger partial charge in [-0.3, -0.25) is 4.79 Å². The summed E-state index contributed by atoms with van der Waals surface area (Å²) in [6, 6.07) is 15.5. The molecule has 3 aromatic carbocycles. The number of nitrogens with zero attached hydrogens (tertiary/aromatic N) is 2. The lowest BCUT2D eigenvalue weighted by atomic mass is 9.70. The van der Waals surface area contributed by atoms with E-state index in [0.29, 0.717) is 28.8 Å². The fourth-order valence-corrected chi connectivity index (χ4v) is 6.10. The number of imidazole rings is 1. The number of hydrogen-bond acceptors (Lipinski definition) is 6. The number of rotatable bonds is 9. The lowest BCUT2D eigenvalue weighted by Crippen LogP contribution is -2.29. The fourth-order valence-electron chi connectivity index (χ4n) is 6.10. The molecule has 8 nitrogen and oxygen atoms in total. The van der Waals surface area contributed by atoms with Crippen LogP contribution in [0.3, 0.4) is 0 Å². The van der Waals surface area contributed by atoms with Gasteiger partial charge in [0.25, 0.3) is 5.91 Å². The Morgan fingerprint density at radius 2 is 1.57 bits per heavy atom. The van der Waals surface area contributed by atoms with E-state index in [2.05, 4.69) is 45.4 Å². The second-order valence-electron chi connectivity index (χ2n) is 12.1. The van der Waals surface area contributed by atoms with E-state index in [9.17, 15) is 31.1 Å². The summed E-state index contributed by atoms with van der Waals surface area (Å²) in [5, 5.41) is 5.71. The van der Waals surface area contributed by atoms with E-state index in [1.807, 2.05) is 6.07 Å². The zero-order valence-corrected chi connectivity index (χ0v) is 25.1. The number of benzene rings is 3. The summed E-state index contributed by atoms with van der Waals surface area (Å²) >= 11 is 0. The molecule has 1 amide bonds. The van der Waals surface area contributed by atoms with Gasteiger partial charge in [0.15, 0.2) is 6.61 Å². The van der Waals surface area contributed by atoms with Crippen molar-refractivity contribution < 1.29 is 45.3 Å². The zero-order chi connectivity index (χ0) is 33.3. The van der Waals surface area contributed by atoms with Crippen molar-refractivity contribution in [3.63, 3.8) is 0 Å². The van der Waals surface area contributed by atoms with Crippen LogP contribution in [0.4, 0.5) is 43.7 Å². The molecule has 246 valence electrons. The van der Waals surface area contributed by atoms with Crippen LogP contribution in [-0.4, -0.2) is 34.8 Å². The second-order valence-corrected chi connectivity index (χ2v) is 12.1. The molecule has 1 aliphatic carbocycles. The maximum Gasteiger partial charge on any atom is 0.573 e. The number of alkyl halides is 6. The summed E-state index contributed by atoms with van der Waals surface area (Å²) in [6.45, 7) is 6.22. The fraction of sp³-hybridized carbons (Fsp3) is 0.375. The number of carbonyl (C=O) groups excluding carboxylic acids is 1. The van der Waals surface area contributed by atoms with E-state index >= 15 is 0 Å². The molecule has 1 aromatic heterocycles. The van der Waals surface area contributed by atoms with Gasteiger partial charge in [0.1, 0.15) is 17.2 Å². The average molecular weight is 651 g/mol. The van der Waals surface area contributed by atoms with Gasteiger partial charge in [-0.1, -0.05) is 26.8 Å².